The van der Waals surface area contributed by atoms with Gasteiger partial charge in [0.1, 0.15) is 5.75 Å². The monoisotopic (exact) mass is 364 g/mol. The molecule has 0 fully saturated rings. The number of methoxy groups -OCH3 is 1. The second kappa shape index (κ2) is 8.54. The maximum atomic E-state index is 12.1. The van der Waals surface area contributed by atoms with E-state index < -0.39 is 0 Å². The maximum absolute atomic E-state index is 12.1. The topological polar surface area (TPSA) is 71.2 Å². The number of aryl methyl sites for hydroxylation is 2. The molecular weight excluding hydrogens is 340 g/mol. The van der Waals surface area contributed by atoms with Crippen LogP contribution in [0.1, 0.15) is 23.1 Å². The molecule has 0 aliphatic carbocycles. The van der Waals surface area contributed by atoms with E-state index in [0.717, 1.165) is 34.2 Å². The normalized spacial score (nSPS) is 10.7. The van der Waals surface area contributed by atoms with Crippen molar-refractivity contribution < 1.29 is 9.53 Å². The Morgan fingerprint density at radius 3 is 2.52 bits per heavy atom. The highest BCUT2D eigenvalue weighted by Gasteiger charge is 2.05. The number of pyridine rings is 1. The van der Waals surface area contributed by atoms with Gasteiger partial charge in [-0.1, -0.05) is 18.2 Å². The number of ether oxygens (including phenoxy) is 1. The van der Waals surface area contributed by atoms with E-state index in [4.69, 9.17) is 4.74 Å². The van der Waals surface area contributed by atoms with Gasteiger partial charge >= 0.3 is 0 Å². The van der Waals surface area contributed by atoms with E-state index in [1.54, 1.807) is 14.0 Å². The number of aromatic amines is 1. The summed E-state index contributed by atoms with van der Waals surface area (Å²) in [4.78, 5) is 26.6. The van der Waals surface area contributed by atoms with Crippen molar-refractivity contribution in [2.45, 2.75) is 26.2 Å². The zero-order chi connectivity index (χ0) is 19.2. The summed E-state index contributed by atoms with van der Waals surface area (Å²) in [6.07, 6.45) is 1.90. The number of fused-ring (bicyclic) bond motifs is 1. The number of amides is 1. The molecule has 1 amide bonds. The molecule has 0 saturated carbocycles. The van der Waals surface area contributed by atoms with Gasteiger partial charge in [-0.2, -0.15) is 0 Å². The molecule has 0 atom stereocenters. The highest BCUT2D eigenvalue weighted by molar-refractivity contribution is 5.80. The molecule has 0 bridgehead atoms. The molecule has 3 aromatic rings. The standard InChI is InChI=1S/C22H24N2O3/c1-15-13-18-14-17(5-9-20(18)24-22(15)26)6-10-21(25)23-12-11-16-3-7-19(27-2)8-4-16/h3-5,7-9,13-14H,6,10-12H2,1-2H3,(H,23,25)(H,24,26). The first-order valence-corrected chi connectivity index (χ1v) is 9.07. The molecule has 0 aliphatic heterocycles. The maximum Gasteiger partial charge on any atom is 0.251 e. The zero-order valence-corrected chi connectivity index (χ0v) is 15.7. The van der Waals surface area contributed by atoms with E-state index in [1.807, 2.05) is 48.5 Å². The predicted molar refractivity (Wildman–Crippen MR) is 107 cm³/mol. The molecule has 3 rings (SSSR count). The van der Waals surface area contributed by atoms with Crippen molar-refractivity contribution in [3.8, 4) is 5.75 Å². The van der Waals surface area contributed by atoms with Crippen LogP contribution in [0, 0.1) is 6.92 Å². The first-order valence-electron chi connectivity index (χ1n) is 9.07. The number of hydrogen-bond donors (Lipinski definition) is 2. The fraction of sp³-hybridized carbons (Fsp3) is 0.273. The van der Waals surface area contributed by atoms with Crippen LogP contribution in [-0.4, -0.2) is 24.5 Å². The summed E-state index contributed by atoms with van der Waals surface area (Å²) < 4.78 is 5.14. The second-order valence-electron chi connectivity index (χ2n) is 6.65. The van der Waals surface area contributed by atoms with Crippen LogP contribution >= 0.6 is 0 Å². The lowest BCUT2D eigenvalue weighted by molar-refractivity contribution is -0.121. The summed E-state index contributed by atoms with van der Waals surface area (Å²) in [6.45, 7) is 2.41. The van der Waals surface area contributed by atoms with Crippen molar-refractivity contribution in [1.29, 1.82) is 0 Å². The van der Waals surface area contributed by atoms with Gasteiger partial charge in [-0.15, -0.1) is 0 Å². The number of rotatable bonds is 7. The molecule has 1 aromatic heterocycles. The minimum Gasteiger partial charge on any atom is -0.497 e. The summed E-state index contributed by atoms with van der Waals surface area (Å²) in [6, 6.07) is 15.6. The quantitative estimate of drug-likeness (QED) is 0.677. The van der Waals surface area contributed by atoms with Gasteiger partial charge in [-0.3, -0.25) is 9.59 Å². The van der Waals surface area contributed by atoms with Gasteiger partial charge in [-0.05, 0) is 66.6 Å². The smallest absolute Gasteiger partial charge is 0.251 e. The lowest BCUT2D eigenvalue weighted by Gasteiger charge is -2.07. The fourth-order valence-corrected chi connectivity index (χ4v) is 3.01. The number of H-pyrrole nitrogens is 1. The van der Waals surface area contributed by atoms with Crippen LogP contribution in [0.15, 0.2) is 53.3 Å². The van der Waals surface area contributed by atoms with Crippen molar-refractivity contribution in [3.05, 3.63) is 75.6 Å². The van der Waals surface area contributed by atoms with Crippen LogP contribution in [0.4, 0.5) is 0 Å². The molecule has 0 spiro atoms. The molecule has 0 saturated heterocycles. The minimum atomic E-state index is -0.0634. The molecule has 5 heteroatoms. The Morgan fingerprint density at radius 1 is 1.04 bits per heavy atom. The summed E-state index contributed by atoms with van der Waals surface area (Å²) in [5, 5.41) is 3.96. The van der Waals surface area contributed by atoms with E-state index in [-0.39, 0.29) is 11.5 Å². The summed E-state index contributed by atoms with van der Waals surface area (Å²) in [7, 11) is 1.64. The number of nitrogens with one attached hydrogen (secondary N) is 2. The molecule has 140 valence electrons. The molecule has 0 aliphatic rings. The number of carbonyl (C=O) groups excluding carboxylic acids is 1. The Morgan fingerprint density at radius 2 is 1.78 bits per heavy atom. The molecule has 27 heavy (non-hydrogen) atoms. The Balaban J connectivity index is 1.49. The van der Waals surface area contributed by atoms with E-state index in [9.17, 15) is 9.59 Å². The lowest BCUT2D eigenvalue weighted by Crippen LogP contribution is -2.25. The van der Waals surface area contributed by atoms with Crippen LogP contribution in [0.2, 0.25) is 0 Å². The van der Waals surface area contributed by atoms with Crippen molar-refractivity contribution in [3.63, 3.8) is 0 Å². The van der Waals surface area contributed by atoms with Gasteiger partial charge < -0.3 is 15.0 Å². The van der Waals surface area contributed by atoms with Gasteiger partial charge in [0.25, 0.3) is 5.56 Å². The van der Waals surface area contributed by atoms with Crippen LogP contribution in [0.5, 0.6) is 5.75 Å². The Bertz CT molecular complexity index is 991. The summed E-state index contributed by atoms with van der Waals surface area (Å²) in [5.74, 6) is 0.874. The van der Waals surface area contributed by atoms with Crippen molar-refractivity contribution in [2.75, 3.05) is 13.7 Å². The highest BCUT2D eigenvalue weighted by atomic mass is 16.5. The lowest BCUT2D eigenvalue weighted by atomic mass is 10.1. The van der Waals surface area contributed by atoms with Crippen molar-refractivity contribution >= 4 is 16.8 Å². The van der Waals surface area contributed by atoms with Crippen LogP contribution in [0.3, 0.4) is 0 Å². The van der Waals surface area contributed by atoms with Crippen LogP contribution in [0.25, 0.3) is 10.9 Å². The molecule has 0 radical (unpaired) electrons. The van der Waals surface area contributed by atoms with Gasteiger partial charge in [0, 0.05) is 24.0 Å². The van der Waals surface area contributed by atoms with E-state index >= 15 is 0 Å². The molecule has 1 heterocycles. The molecule has 0 unspecified atom stereocenters. The van der Waals surface area contributed by atoms with Crippen LogP contribution < -0.4 is 15.6 Å². The minimum absolute atomic E-state index is 0.0428. The van der Waals surface area contributed by atoms with E-state index in [0.29, 0.717) is 24.9 Å². The molecular formula is C22H24N2O3. The average molecular weight is 364 g/mol. The largest absolute Gasteiger partial charge is 0.497 e. The number of carbonyl (C=O) groups is 1. The Labute approximate surface area is 158 Å². The average Bonchev–Trinajstić information content (AvgIpc) is 2.68. The van der Waals surface area contributed by atoms with E-state index in [1.165, 1.54) is 0 Å². The van der Waals surface area contributed by atoms with Gasteiger partial charge in [-0.25, -0.2) is 0 Å². The molecule has 2 aromatic carbocycles. The highest BCUT2D eigenvalue weighted by Crippen LogP contribution is 2.15. The fourth-order valence-electron chi connectivity index (χ4n) is 3.01. The second-order valence-corrected chi connectivity index (χ2v) is 6.65. The van der Waals surface area contributed by atoms with Crippen LogP contribution in [-0.2, 0) is 17.6 Å². The predicted octanol–water partition coefficient (Wildman–Crippen LogP) is 3.14. The Hall–Kier alpha value is -3.08. The molecule has 2 N–H and O–H groups in total. The first-order chi connectivity index (χ1) is 13.0. The third kappa shape index (κ3) is 4.97. The van der Waals surface area contributed by atoms with Crippen molar-refractivity contribution in [2.24, 2.45) is 0 Å². The van der Waals surface area contributed by atoms with Crippen molar-refractivity contribution in [1.82, 2.24) is 10.3 Å². The van der Waals surface area contributed by atoms with Gasteiger partial charge in [0.2, 0.25) is 5.91 Å². The summed E-state index contributed by atoms with van der Waals surface area (Å²) in [5.41, 5.74) is 3.69. The summed E-state index contributed by atoms with van der Waals surface area (Å²) >= 11 is 0. The Kier molecular flexibility index (Phi) is 5.91. The zero-order valence-electron chi connectivity index (χ0n) is 15.7. The SMILES string of the molecule is COc1ccc(CCNC(=O)CCc2ccc3[nH]c(=O)c(C)cc3c2)cc1. The first kappa shape index (κ1) is 18.7. The van der Waals surface area contributed by atoms with Gasteiger partial charge in [0.05, 0.1) is 7.11 Å². The van der Waals surface area contributed by atoms with Gasteiger partial charge in [0.15, 0.2) is 0 Å². The third-order valence-corrected chi connectivity index (χ3v) is 4.63. The number of hydrogen-bond acceptors (Lipinski definition) is 3. The third-order valence-electron chi connectivity index (χ3n) is 4.63. The van der Waals surface area contributed by atoms with E-state index in [2.05, 4.69) is 10.3 Å². The molecule has 5 nitrogen and oxygen atoms in total. The number of benzene rings is 2. The number of aromatic nitrogens is 1.